The highest BCUT2D eigenvalue weighted by Crippen LogP contribution is 2.27. The summed E-state index contributed by atoms with van der Waals surface area (Å²) in [5, 5.41) is 28.7. The van der Waals surface area contributed by atoms with Crippen molar-refractivity contribution in [1.29, 1.82) is 0 Å². The van der Waals surface area contributed by atoms with Gasteiger partial charge in [0.25, 0.3) is 0 Å². The molecule has 0 aliphatic carbocycles. The fourth-order valence-electron chi connectivity index (χ4n) is 2.69. The van der Waals surface area contributed by atoms with Gasteiger partial charge in [0.1, 0.15) is 30.2 Å². The Labute approximate surface area is 141 Å². The third-order valence-corrected chi connectivity index (χ3v) is 3.87. The Morgan fingerprint density at radius 1 is 1.17 bits per heavy atom. The van der Waals surface area contributed by atoms with Crippen LogP contribution in [0.4, 0.5) is 0 Å². The highest BCUT2D eigenvalue weighted by Gasteiger charge is 2.46. The summed E-state index contributed by atoms with van der Waals surface area (Å²) in [7, 11) is 2.88. The van der Waals surface area contributed by atoms with Crippen LogP contribution in [0.3, 0.4) is 0 Å². The molecule has 0 saturated carbocycles. The molecule has 3 N–H and O–H groups in total. The Morgan fingerprint density at radius 2 is 1.92 bits per heavy atom. The first-order valence-corrected chi connectivity index (χ1v) is 7.68. The first kappa shape index (κ1) is 18.9. The lowest BCUT2D eigenvalue weighted by molar-refractivity contribution is -0.287. The van der Waals surface area contributed by atoms with Gasteiger partial charge in [0.2, 0.25) is 6.29 Å². The van der Waals surface area contributed by atoms with E-state index in [0.29, 0.717) is 5.75 Å². The van der Waals surface area contributed by atoms with Crippen LogP contribution in [0.5, 0.6) is 5.75 Å². The van der Waals surface area contributed by atoms with Crippen molar-refractivity contribution in [3.05, 3.63) is 35.9 Å². The monoisotopic (exact) mass is 340 g/mol. The van der Waals surface area contributed by atoms with Gasteiger partial charge in [0.15, 0.2) is 0 Å². The molecule has 7 heteroatoms. The van der Waals surface area contributed by atoms with Crippen molar-refractivity contribution in [2.24, 2.45) is 0 Å². The zero-order valence-corrected chi connectivity index (χ0v) is 13.7. The molecule has 0 spiro atoms. The molecule has 1 saturated heterocycles. The second kappa shape index (κ2) is 9.12. The molecular formula is C17H24O7. The normalized spacial score (nSPS) is 30.6. The van der Waals surface area contributed by atoms with Gasteiger partial charge in [0, 0.05) is 14.2 Å². The van der Waals surface area contributed by atoms with Gasteiger partial charge in [-0.25, -0.2) is 0 Å². The molecule has 1 aromatic rings. The number of aliphatic hydroxyl groups excluding tert-OH is 3. The van der Waals surface area contributed by atoms with E-state index >= 15 is 0 Å². The van der Waals surface area contributed by atoms with Crippen molar-refractivity contribution >= 4 is 6.08 Å². The van der Waals surface area contributed by atoms with Gasteiger partial charge >= 0.3 is 0 Å². The Kier molecular flexibility index (Phi) is 7.16. The number of methoxy groups -OCH3 is 2. The molecular weight excluding hydrogens is 316 g/mol. The zero-order chi connectivity index (χ0) is 17.5. The molecule has 1 aliphatic heterocycles. The SMILES string of the molecule is CO[C@@H]1[C@H](O)[C@@H](OC)[C@H](Oc2cccc(/C=C/CO)c2)O[C@@H]1CO. The molecule has 134 valence electrons. The number of ether oxygens (including phenoxy) is 4. The third-order valence-electron chi connectivity index (χ3n) is 3.87. The van der Waals surface area contributed by atoms with Crippen molar-refractivity contribution in [1.82, 2.24) is 0 Å². The number of hydrogen-bond donors (Lipinski definition) is 3. The molecule has 2 rings (SSSR count). The van der Waals surface area contributed by atoms with Gasteiger partial charge in [0.05, 0.1) is 13.2 Å². The van der Waals surface area contributed by atoms with Gasteiger partial charge in [-0.3, -0.25) is 0 Å². The molecule has 1 aromatic carbocycles. The maximum Gasteiger partial charge on any atom is 0.229 e. The predicted octanol–water partition coefficient (Wildman–Crippen LogP) is 0.179. The molecule has 1 heterocycles. The first-order valence-electron chi connectivity index (χ1n) is 7.68. The van der Waals surface area contributed by atoms with Crippen LogP contribution in [-0.2, 0) is 14.2 Å². The minimum Gasteiger partial charge on any atom is -0.462 e. The van der Waals surface area contributed by atoms with Gasteiger partial charge in [-0.1, -0.05) is 24.3 Å². The van der Waals surface area contributed by atoms with Crippen molar-refractivity contribution in [2.45, 2.75) is 30.7 Å². The van der Waals surface area contributed by atoms with E-state index in [1.807, 2.05) is 6.07 Å². The van der Waals surface area contributed by atoms with Crippen molar-refractivity contribution in [3.63, 3.8) is 0 Å². The Morgan fingerprint density at radius 3 is 2.54 bits per heavy atom. The summed E-state index contributed by atoms with van der Waals surface area (Å²) in [6.45, 7) is -0.365. The number of aliphatic hydroxyl groups is 3. The predicted molar refractivity (Wildman–Crippen MR) is 86.5 cm³/mol. The molecule has 24 heavy (non-hydrogen) atoms. The zero-order valence-electron chi connectivity index (χ0n) is 13.7. The van der Waals surface area contributed by atoms with E-state index in [2.05, 4.69) is 0 Å². The van der Waals surface area contributed by atoms with Crippen LogP contribution in [0, 0.1) is 0 Å². The van der Waals surface area contributed by atoms with Gasteiger partial charge in [-0.05, 0) is 17.7 Å². The minimum absolute atomic E-state index is 0.0502. The molecule has 5 atom stereocenters. The summed E-state index contributed by atoms with van der Waals surface area (Å²) < 4.78 is 22.0. The topological polar surface area (TPSA) is 97.6 Å². The van der Waals surface area contributed by atoms with Crippen LogP contribution < -0.4 is 4.74 Å². The summed E-state index contributed by atoms with van der Waals surface area (Å²) in [6.07, 6.45) is -0.733. The summed E-state index contributed by atoms with van der Waals surface area (Å²) in [5.74, 6) is 0.516. The highest BCUT2D eigenvalue weighted by molar-refractivity contribution is 5.51. The van der Waals surface area contributed by atoms with Crippen LogP contribution in [0.25, 0.3) is 6.08 Å². The van der Waals surface area contributed by atoms with Crippen LogP contribution in [0.2, 0.25) is 0 Å². The smallest absolute Gasteiger partial charge is 0.229 e. The van der Waals surface area contributed by atoms with E-state index in [1.54, 1.807) is 30.4 Å². The van der Waals surface area contributed by atoms with Gasteiger partial charge < -0.3 is 34.3 Å². The Bertz CT molecular complexity index is 533. The maximum atomic E-state index is 10.4. The average molecular weight is 340 g/mol. The van der Waals surface area contributed by atoms with Gasteiger partial charge in [-0.2, -0.15) is 0 Å². The van der Waals surface area contributed by atoms with Crippen molar-refractivity contribution in [2.75, 3.05) is 27.4 Å². The fraction of sp³-hybridized carbons (Fsp3) is 0.529. The highest BCUT2D eigenvalue weighted by atomic mass is 16.7. The lowest BCUT2D eigenvalue weighted by Crippen LogP contribution is -2.61. The maximum absolute atomic E-state index is 10.4. The minimum atomic E-state index is -1.01. The average Bonchev–Trinajstić information content (AvgIpc) is 2.60. The molecule has 0 bridgehead atoms. The van der Waals surface area contributed by atoms with E-state index in [4.69, 9.17) is 24.1 Å². The second-order valence-corrected chi connectivity index (χ2v) is 5.39. The summed E-state index contributed by atoms with van der Waals surface area (Å²) >= 11 is 0. The Balaban J connectivity index is 2.16. The largest absolute Gasteiger partial charge is 0.462 e. The molecule has 1 aliphatic rings. The van der Waals surface area contributed by atoms with Crippen LogP contribution in [0.1, 0.15) is 5.56 Å². The molecule has 0 radical (unpaired) electrons. The molecule has 0 amide bonds. The van der Waals surface area contributed by atoms with E-state index in [9.17, 15) is 10.2 Å². The van der Waals surface area contributed by atoms with Crippen LogP contribution in [-0.4, -0.2) is 73.5 Å². The number of hydrogen-bond acceptors (Lipinski definition) is 7. The summed E-state index contributed by atoms with van der Waals surface area (Å²) in [4.78, 5) is 0. The van der Waals surface area contributed by atoms with E-state index in [-0.39, 0.29) is 13.2 Å². The van der Waals surface area contributed by atoms with Crippen molar-refractivity contribution < 1.29 is 34.3 Å². The number of rotatable bonds is 7. The molecule has 0 aromatic heterocycles. The molecule has 1 fully saturated rings. The van der Waals surface area contributed by atoms with Gasteiger partial charge in [-0.15, -0.1) is 0 Å². The summed E-state index contributed by atoms with van der Waals surface area (Å²) in [6, 6.07) is 7.18. The molecule has 0 unspecified atom stereocenters. The lowest BCUT2D eigenvalue weighted by Gasteiger charge is -2.42. The van der Waals surface area contributed by atoms with Crippen LogP contribution in [0.15, 0.2) is 30.3 Å². The summed E-state index contributed by atoms with van der Waals surface area (Å²) in [5.41, 5.74) is 0.848. The molecule has 7 nitrogen and oxygen atoms in total. The number of benzene rings is 1. The Hall–Kier alpha value is -1.48. The second-order valence-electron chi connectivity index (χ2n) is 5.39. The standard InChI is InChI=1S/C17H24O7/c1-21-15-13(10-19)24-17(16(22-2)14(15)20)23-12-7-3-5-11(9-12)6-4-8-18/h3-7,9,13-20H,8,10H2,1-2H3/b6-4+/t13-,14+,15+,16-,17-/m1/s1. The van der Waals surface area contributed by atoms with Crippen molar-refractivity contribution in [3.8, 4) is 5.75 Å². The lowest BCUT2D eigenvalue weighted by atomic mass is 9.99. The quantitative estimate of drug-likeness (QED) is 0.651. The van der Waals surface area contributed by atoms with E-state index in [0.717, 1.165) is 5.56 Å². The third kappa shape index (κ3) is 4.32. The fourth-order valence-corrected chi connectivity index (χ4v) is 2.69. The van der Waals surface area contributed by atoms with E-state index < -0.39 is 30.7 Å². The van der Waals surface area contributed by atoms with E-state index in [1.165, 1.54) is 14.2 Å². The first-order chi connectivity index (χ1) is 11.6. The van der Waals surface area contributed by atoms with Crippen LogP contribution >= 0.6 is 0 Å².